The third-order valence-corrected chi connectivity index (χ3v) is 5.90. The number of para-hydroxylation sites is 1. The average Bonchev–Trinajstić information content (AvgIpc) is 3.25. The third kappa shape index (κ3) is 5.83. The van der Waals surface area contributed by atoms with Gasteiger partial charge in [-0.2, -0.15) is 5.10 Å². The lowest BCUT2D eigenvalue weighted by molar-refractivity contribution is 0.0929. The number of carbonyl (C=O) groups excluding carboxylic acids is 1. The first-order valence-electron chi connectivity index (χ1n) is 10.2. The molecule has 4 aromatic rings. The second kappa shape index (κ2) is 10.7. The molecule has 0 fully saturated rings. The molecular weight excluding hydrogens is 552 g/mol. The Morgan fingerprint density at radius 1 is 1.03 bits per heavy atom. The van der Waals surface area contributed by atoms with Crippen LogP contribution in [-0.4, -0.2) is 18.7 Å². The number of halogens is 2. The fraction of sp³-hybridized carbons (Fsp3) is 0.120. The summed E-state index contributed by atoms with van der Waals surface area (Å²) in [6.07, 6.45) is 1.53. The minimum atomic E-state index is -0.432. The molecule has 0 saturated carbocycles. The maximum Gasteiger partial charge on any atom is 0.307 e. The quantitative estimate of drug-likeness (QED) is 0.189. The minimum Gasteiger partial charge on any atom is -0.490 e. The molecule has 1 heterocycles. The highest BCUT2D eigenvalue weighted by molar-refractivity contribution is 9.10. The van der Waals surface area contributed by atoms with E-state index in [2.05, 4.69) is 42.4 Å². The van der Waals surface area contributed by atoms with Crippen molar-refractivity contribution in [3.8, 4) is 11.5 Å². The van der Waals surface area contributed by atoms with Crippen molar-refractivity contribution in [1.29, 1.82) is 0 Å². The third-order valence-electron chi connectivity index (χ3n) is 4.69. The SMILES string of the molecule is CCOc1cc(/C=N/NC(=O)c2cc3ccccc3o2)c(Br)cc1OCc1ccc(Br)cc1. The van der Waals surface area contributed by atoms with E-state index in [0.29, 0.717) is 30.3 Å². The van der Waals surface area contributed by atoms with E-state index in [0.717, 1.165) is 25.5 Å². The molecule has 0 aliphatic heterocycles. The number of hydrogen-bond donors (Lipinski definition) is 1. The van der Waals surface area contributed by atoms with Crippen molar-refractivity contribution >= 4 is 55.0 Å². The molecule has 6 nitrogen and oxygen atoms in total. The van der Waals surface area contributed by atoms with Crippen molar-refractivity contribution < 1.29 is 18.7 Å². The van der Waals surface area contributed by atoms with E-state index in [1.165, 1.54) is 6.21 Å². The number of benzene rings is 3. The number of rotatable bonds is 8. The van der Waals surface area contributed by atoms with Gasteiger partial charge in [0, 0.05) is 19.9 Å². The van der Waals surface area contributed by atoms with Gasteiger partial charge in [-0.05, 0) is 64.8 Å². The summed E-state index contributed by atoms with van der Waals surface area (Å²) in [4.78, 5) is 12.4. The van der Waals surface area contributed by atoms with E-state index >= 15 is 0 Å². The molecule has 0 bridgehead atoms. The normalized spacial score (nSPS) is 11.1. The van der Waals surface area contributed by atoms with Crippen molar-refractivity contribution in [2.24, 2.45) is 5.10 Å². The van der Waals surface area contributed by atoms with Crippen LogP contribution in [0, 0.1) is 0 Å². The van der Waals surface area contributed by atoms with E-state index in [1.54, 1.807) is 12.1 Å². The van der Waals surface area contributed by atoms with Crippen LogP contribution in [0.5, 0.6) is 11.5 Å². The largest absolute Gasteiger partial charge is 0.490 e. The highest BCUT2D eigenvalue weighted by Crippen LogP contribution is 2.34. The van der Waals surface area contributed by atoms with Crippen LogP contribution in [0.25, 0.3) is 11.0 Å². The Morgan fingerprint density at radius 3 is 2.55 bits per heavy atom. The molecule has 0 aliphatic carbocycles. The van der Waals surface area contributed by atoms with Gasteiger partial charge < -0.3 is 13.9 Å². The molecule has 4 rings (SSSR count). The summed E-state index contributed by atoms with van der Waals surface area (Å²) in [6, 6.07) is 20.7. The van der Waals surface area contributed by atoms with Crippen LogP contribution < -0.4 is 14.9 Å². The highest BCUT2D eigenvalue weighted by Gasteiger charge is 2.13. The molecule has 1 amide bonds. The van der Waals surface area contributed by atoms with Gasteiger partial charge in [0.05, 0.1) is 12.8 Å². The van der Waals surface area contributed by atoms with E-state index in [4.69, 9.17) is 13.9 Å². The minimum absolute atomic E-state index is 0.194. The van der Waals surface area contributed by atoms with Crippen molar-refractivity contribution in [3.05, 3.63) is 92.6 Å². The first-order valence-corrected chi connectivity index (χ1v) is 11.8. The fourth-order valence-electron chi connectivity index (χ4n) is 3.08. The maximum absolute atomic E-state index is 12.4. The Labute approximate surface area is 207 Å². The lowest BCUT2D eigenvalue weighted by Gasteiger charge is -2.14. The molecule has 0 aliphatic rings. The molecule has 1 N–H and O–H groups in total. The summed E-state index contributed by atoms with van der Waals surface area (Å²) in [5.74, 6) is 0.954. The van der Waals surface area contributed by atoms with Crippen LogP contribution in [0.3, 0.4) is 0 Å². The first kappa shape index (κ1) is 23.1. The van der Waals surface area contributed by atoms with Crippen molar-refractivity contribution in [2.45, 2.75) is 13.5 Å². The van der Waals surface area contributed by atoms with Crippen LogP contribution in [0.4, 0.5) is 0 Å². The molecule has 0 radical (unpaired) electrons. The van der Waals surface area contributed by atoms with E-state index in [9.17, 15) is 4.79 Å². The smallest absolute Gasteiger partial charge is 0.307 e. The van der Waals surface area contributed by atoms with Gasteiger partial charge in [0.15, 0.2) is 17.3 Å². The van der Waals surface area contributed by atoms with Gasteiger partial charge in [0.25, 0.3) is 0 Å². The number of nitrogens with zero attached hydrogens (tertiary/aromatic N) is 1. The Hall–Kier alpha value is -3.10. The zero-order valence-corrected chi connectivity index (χ0v) is 20.9. The number of nitrogens with one attached hydrogen (secondary N) is 1. The number of carbonyl (C=O) groups is 1. The van der Waals surface area contributed by atoms with Gasteiger partial charge in [-0.25, -0.2) is 5.43 Å². The predicted octanol–water partition coefficient (Wildman–Crippen LogP) is 6.70. The van der Waals surface area contributed by atoms with Crippen molar-refractivity contribution in [3.63, 3.8) is 0 Å². The van der Waals surface area contributed by atoms with Crippen LogP contribution >= 0.6 is 31.9 Å². The van der Waals surface area contributed by atoms with Gasteiger partial charge >= 0.3 is 5.91 Å². The number of hydrogen-bond acceptors (Lipinski definition) is 5. The molecular formula is C25H20Br2N2O4. The summed E-state index contributed by atoms with van der Waals surface area (Å²) < 4.78 is 19.1. The van der Waals surface area contributed by atoms with E-state index in [1.807, 2.05) is 61.5 Å². The maximum atomic E-state index is 12.4. The Kier molecular flexibility index (Phi) is 7.47. The predicted molar refractivity (Wildman–Crippen MR) is 135 cm³/mol. The molecule has 8 heteroatoms. The molecule has 0 unspecified atom stereocenters. The molecule has 1 aromatic heterocycles. The molecule has 0 saturated heterocycles. The summed E-state index contributed by atoms with van der Waals surface area (Å²) in [7, 11) is 0. The Balaban J connectivity index is 1.46. The Bertz CT molecular complexity index is 1270. The van der Waals surface area contributed by atoms with Crippen LogP contribution in [0.2, 0.25) is 0 Å². The summed E-state index contributed by atoms with van der Waals surface area (Å²) in [5.41, 5.74) is 4.90. The van der Waals surface area contributed by atoms with Crippen molar-refractivity contribution in [2.75, 3.05) is 6.61 Å². The number of hydrazone groups is 1. The number of fused-ring (bicyclic) bond motifs is 1. The van der Waals surface area contributed by atoms with Gasteiger partial charge in [-0.1, -0.05) is 46.3 Å². The first-order chi connectivity index (χ1) is 16.0. The summed E-state index contributed by atoms with van der Waals surface area (Å²) in [6.45, 7) is 2.79. The van der Waals surface area contributed by atoms with Crippen molar-refractivity contribution in [1.82, 2.24) is 5.43 Å². The molecule has 0 atom stereocenters. The zero-order chi connectivity index (χ0) is 23.2. The standard InChI is InChI=1S/C25H20Br2N2O4/c1-2-31-22-12-18(20(27)13-23(22)32-15-16-7-9-19(26)10-8-16)14-28-29-25(30)24-11-17-5-3-4-6-21(17)33-24/h3-14H,2,15H2,1H3,(H,29,30)/b28-14+. The fourth-order valence-corrected chi connectivity index (χ4v) is 3.77. The summed E-state index contributed by atoms with van der Waals surface area (Å²) in [5, 5.41) is 4.92. The zero-order valence-electron chi connectivity index (χ0n) is 17.7. The van der Waals surface area contributed by atoms with Crippen LogP contribution in [0.1, 0.15) is 28.6 Å². The lowest BCUT2D eigenvalue weighted by Crippen LogP contribution is -2.16. The Morgan fingerprint density at radius 2 is 1.79 bits per heavy atom. The monoisotopic (exact) mass is 570 g/mol. The number of furan rings is 1. The molecule has 168 valence electrons. The van der Waals surface area contributed by atoms with Gasteiger partial charge in [-0.3, -0.25) is 4.79 Å². The van der Waals surface area contributed by atoms with Gasteiger partial charge in [0.2, 0.25) is 0 Å². The highest BCUT2D eigenvalue weighted by atomic mass is 79.9. The topological polar surface area (TPSA) is 73.1 Å². The van der Waals surface area contributed by atoms with E-state index < -0.39 is 5.91 Å². The summed E-state index contributed by atoms with van der Waals surface area (Å²) >= 11 is 6.97. The average molecular weight is 572 g/mol. The molecule has 33 heavy (non-hydrogen) atoms. The van der Waals surface area contributed by atoms with Crippen LogP contribution in [-0.2, 0) is 6.61 Å². The second-order valence-electron chi connectivity index (χ2n) is 7.02. The number of amides is 1. The van der Waals surface area contributed by atoms with Gasteiger partial charge in [0.1, 0.15) is 12.2 Å². The second-order valence-corrected chi connectivity index (χ2v) is 8.79. The van der Waals surface area contributed by atoms with E-state index in [-0.39, 0.29) is 5.76 Å². The van der Waals surface area contributed by atoms with Crippen LogP contribution in [0.15, 0.2) is 85.2 Å². The molecule has 0 spiro atoms. The van der Waals surface area contributed by atoms with Gasteiger partial charge in [-0.15, -0.1) is 0 Å². The number of ether oxygens (including phenoxy) is 2. The molecule has 3 aromatic carbocycles. The lowest BCUT2D eigenvalue weighted by atomic mass is 10.2.